The zero-order valence-corrected chi connectivity index (χ0v) is 21.7. The highest BCUT2D eigenvalue weighted by Gasteiger charge is 2.49. The zero-order valence-electron chi connectivity index (χ0n) is 21.7. The Morgan fingerprint density at radius 1 is 1.15 bits per heavy atom. The molecule has 5 atom stereocenters. The number of rotatable bonds is 9. The molecule has 0 unspecified atom stereocenters. The number of carbonyl (C=O) groups excluding carboxylic acids is 3. The molecule has 0 aromatic heterocycles. The number of nitrogens with zero attached hydrogens (tertiary/aromatic N) is 1. The van der Waals surface area contributed by atoms with Crippen LogP contribution in [-0.2, 0) is 23.9 Å². The first kappa shape index (κ1) is 26.7. The average Bonchev–Trinajstić information content (AvgIpc) is 3.37. The van der Waals surface area contributed by atoms with Gasteiger partial charge in [0, 0.05) is 0 Å². The molecule has 1 saturated carbocycles. The fourth-order valence-electron chi connectivity index (χ4n) is 5.72. The number of nitrogens with one attached hydrogen (secondary N) is 1. The molecule has 1 amide bonds. The minimum Gasteiger partial charge on any atom is -0.465 e. The number of allylic oxidation sites excluding steroid dienone is 1. The molecule has 3 rings (SSSR count). The average molecular weight is 477 g/mol. The fraction of sp³-hybridized carbons (Fsp3) is 0.815. The van der Waals surface area contributed by atoms with Crippen molar-refractivity contribution < 1.29 is 23.9 Å². The summed E-state index contributed by atoms with van der Waals surface area (Å²) in [6, 6.07) is -1.84. The first-order valence-corrected chi connectivity index (χ1v) is 13.2. The molecule has 0 radical (unpaired) electrons. The van der Waals surface area contributed by atoms with Gasteiger partial charge >= 0.3 is 11.9 Å². The number of carbonyl (C=O) groups is 3. The summed E-state index contributed by atoms with van der Waals surface area (Å²) in [5.41, 5.74) is -0.614. The van der Waals surface area contributed by atoms with E-state index in [1.54, 1.807) is 18.7 Å². The van der Waals surface area contributed by atoms with E-state index in [1.807, 2.05) is 26.8 Å². The summed E-state index contributed by atoms with van der Waals surface area (Å²) >= 11 is 0. The fourth-order valence-corrected chi connectivity index (χ4v) is 5.72. The lowest BCUT2D eigenvalue weighted by atomic mass is 9.85. The predicted molar refractivity (Wildman–Crippen MR) is 131 cm³/mol. The highest BCUT2D eigenvalue weighted by molar-refractivity contribution is 5.89. The molecule has 7 heteroatoms. The van der Waals surface area contributed by atoms with Crippen LogP contribution in [0, 0.1) is 11.8 Å². The van der Waals surface area contributed by atoms with Gasteiger partial charge in [-0.1, -0.05) is 44.3 Å². The van der Waals surface area contributed by atoms with Gasteiger partial charge in [-0.2, -0.15) is 0 Å². The monoisotopic (exact) mass is 476 g/mol. The number of hydrogen-bond acceptors (Lipinski definition) is 6. The lowest BCUT2D eigenvalue weighted by Gasteiger charge is -2.33. The van der Waals surface area contributed by atoms with Crippen LogP contribution in [0.15, 0.2) is 12.2 Å². The summed E-state index contributed by atoms with van der Waals surface area (Å²) in [5, 5.41) is 3.26. The normalized spacial score (nSPS) is 26.7. The molecule has 2 fully saturated rings. The summed E-state index contributed by atoms with van der Waals surface area (Å²) in [6.45, 7) is 9.41. The molecule has 1 aliphatic heterocycles. The topological polar surface area (TPSA) is 84.9 Å². The quantitative estimate of drug-likeness (QED) is 0.398. The Bertz CT molecular complexity index is 753. The van der Waals surface area contributed by atoms with Gasteiger partial charge in [0.25, 0.3) is 0 Å². The maximum atomic E-state index is 13.7. The van der Waals surface area contributed by atoms with E-state index in [-0.39, 0.29) is 29.8 Å². The van der Waals surface area contributed by atoms with Crippen LogP contribution in [0.1, 0.15) is 92.4 Å². The number of likely N-dealkylation sites (tertiary alicyclic amines) is 1. The third kappa shape index (κ3) is 6.83. The molecule has 3 aliphatic rings. The second kappa shape index (κ2) is 11.7. The smallest absolute Gasteiger partial charge is 0.329 e. The van der Waals surface area contributed by atoms with Crippen molar-refractivity contribution in [3.8, 4) is 0 Å². The van der Waals surface area contributed by atoms with Crippen LogP contribution in [0.3, 0.4) is 0 Å². The molecule has 1 N–H and O–H groups in total. The Morgan fingerprint density at radius 2 is 1.85 bits per heavy atom. The van der Waals surface area contributed by atoms with Crippen molar-refractivity contribution in [1.29, 1.82) is 0 Å². The van der Waals surface area contributed by atoms with E-state index in [9.17, 15) is 14.4 Å². The number of amides is 1. The van der Waals surface area contributed by atoms with Crippen molar-refractivity contribution >= 4 is 17.8 Å². The second-order valence-electron chi connectivity index (χ2n) is 11.2. The Balaban J connectivity index is 1.69. The summed E-state index contributed by atoms with van der Waals surface area (Å²) in [7, 11) is 0. The van der Waals surface area contributed by atoms with Crippen LogP contribution < -0.4 is 5.32 Å². The first-order chi connectivity index (χ1) is 16.1. The molecule has 0 aromatic rings. The van der Waals surface area contributed by atoms with Crippen LogP contribution >= 0.6 is 0 Å². The van der Waals surface area contributed by atoms with Crippen LogP contribution in [0.25, 0.3) is 0 Å². The van der Waals surface area contributed by atoms with Crippen molar-refractivity contribution in [2.45, 2.75) is 122 Å². The number of esters is 2. The minimum absolute atomic E-state index is 0.0995. The summed E-state index contributed by atoms with van der Waals surface area (Å²) in [5.74, 6) is 0.0532. The molecule has 7 nitrogen and oxygen atoms in total. The molecule has 0 bridgehead atoms. The van der Waals surface area contributed by atoms with Crippen molar-refractivity contribution in [3.63, 3.8) is 0 Å². The largest absolute Gasteiger partial charge is 0.465 e. The molecule has 2 aliphatic carbocycles. The predicted octanol–water partition coefficient (Wildman–Crippen LogP) is 4.14. The molecule has 34 heavy (non-hydrogen) atoms. The van der Waals surface area contributed by atoms with E-state index in [1.165, 1.54) is 32.1 Å². The summed E-state index contributed by atoms with van der Waals surface area (Å²) in [6.07, 6.45) is 13.4. The molecular formula is C27H44N2O5. The number of hydrogen-bond donors (Lipinski definition) is 1. The van der Waals surface area contributed by atoms with E-state index in [0.29, 0.717) is 25.4 Å². The third-order valence-electron chi connectivity index (χ3n) is 7.35. The van der Waals surface area contributed by atoms with Crippen LogP contribution in [0.5, 0.6) is 0 Å². The van der Waals surface area contributed by atoms with Gasteiger partial charge in [0.1, 0.15) is 17.7 Å². The van der Waals surface area contributed by atoms with Crippen LogP contribution in [0.2, 0.25) is 0 Å². The summed E-state index contributed by atoms with van der Waals surface area (Å²) in [4.78, 5) is 41.1. The van der Waals surface area contributed by atoms with Gasteiger partial charge in [0.05, 0.1) is 18.7 Å². The van der Waals surface area contributed by atoms with Gasteiger partial charge in [-0.25, -0.2) is 4.79 Å². The molecule has 1 saturated heterocycles. The SMILES string of the molecule is CCOC(=O)[C@H](CCC1CCCCC1)N[C@@H](C)C(=O)N1[C@@H](C(=O)OC(C)(C)C)C[C@@H]2CC=C[C@H]21. The van der Waals surface area contributed by atoms with Crippen molar-refractivity contribution in [2.24, 2.45) is 11.8 Å². The highest BCUT2D eigenvalue weighted by Crippen LogP contribution is 2.38. The first-order valence-electron chi connectivity index (χ1n) is 13.2. The highest BCUT2D eigenvalue weighted by atomic mass is 16.6. The van der Waals surface area contributed by atoms with Gasteiger partial charge in [-0.15, -0.1) is 0 Å². The zero-order chi connectivity index (χ0) is 24.9. The molecule has 192 valence electrons. The molecule has 0 aromatic carbocycles. The Morgan fingerprint density at radius 3 is 2.50 bits per heavy atom. The van der Waals surface area contributed by atoms with Gasteiger partial charge in [-0.3, -0.25) is 14.9 Å². The van der Waals surface area contributed by atoms with Gasteiger partial charge in [0.15, 0.2) is 0 Å². The van der Waals surface area contributed by atoms with E-state index < -0.39 is 23.7 Å². The van der Waals surface area contributed by atoms with E-state index in [2.05, 4.69) is 11.4 Å². The van der Waals surface area contributed by atoms with Crippen molar-refractivity contribution in [1.82, 2.24) is 10.2 Å². The lowest BCUT2D eigenvalue weighted by molar-refractivity contribution is -0.164. The maximum absolute atomic E-state index is 13.7. The number of ether oxygens (including phenoxy) is 2. The standard InChI is InChI=1S/C27H44N2O5/c1-6-33-25(31)21(16-15-19-11-8-7-9-12-19)28-18(2)24(30)29-22-14-10-13-20(22)17-23(29)26(32)34-27(3,4)5/h10,14,18-23,28H,6-9,11-13,15-17H2,1-5H3/t18-,20-,21-,22+,23+/m0/s1. The van der Waals surface area contributed by atoms with Crippen molar-refractivity contribution in [2.75, 3.05) is 6.61 Å². The molecule has 1 heterocycles. The lowest BCUT2D eigenvalue weighted by Crippen LogP contribution is -2.55. The third-order valence-corrected chi connectivity index (χ3v) is 7.35. The van der Waals surface area contributed by atoms with Crippen LogP contribution in [-0.4, -0.2) is 59.1 Å². The number of fused-ring (bicyclic) bond motifs is 1. The van der Waals surface area contributed by atoms with Gasteiger partial charge in [-0.05, 0) is 72.1 Å². The Hall–Kier alpha value is -1.89. The Labute approximate surface area is 205 Å². The maximum Gasteiger partial charge on any atom is 0.329 e. The molecule has 0 spiro atoms. The van der Waals surface area contributed by atoms with Crippen molar-refractivity contribution in [3.05, 3.63) is 12.2 Å². The minimum atomic E-state index is -0.614. The van der Waals surface area contributed by atoms with Crippen LogP contribution in [0.4, 0.5) is 0 Å². The van der Waals surface area contributed by atoms with Gasteiger partial charge < -0.3 is 14.4 Å². The van der Waals surface area contributed by atoms with E-state index >= 15 is 0 Å². The second-order valence-corrected chi connectivity index (χ2v) is 11.2. The van der Waals surface area contributed by atoms with E-state index in [4.69, 9.17) is 9.47 Å². The molecular weight excluding hydrogens is 432 g/mol. The van der Waals surface area contributed by atoms with Gasteiger partial charge in [0.2, 0.25) is 5.91 Å². The van der Waals surface area contributed by atoms with E-state index in [0.717, 1.165) is 12.8 Å². The Kier molecular flexibility index (Phi) is 9.19. The summed E-state index contributed by atoms with van der Waals surface area (Å²) < 4.78 is 11.0.